The van der Waals surface area contributed by atoms with Crippen LogP contribution in [0, 0.1) is 0 Å². The largest absolute Gasteiger partial charge is 0.508 e. The van der Waals surface area contributed by atoms with Crippen molar-refractivity contribution >= 4 is 34.4 Å². The van der Waals surface area contributed by atoms with Gasteiger partial charge < -0.3 is 51.2 Å². The highest BCUT2D eigenvalue weighted by molar-refractivity contribution is 5.94. The van der Waals surface area contributed by atoms with Crippen LogP contribution in [-0.2, 0) is 9.59 Å². The second-order valence-corrected chi connectivity index (χ2v) is 9.33. The topological polar surface area (TPSA) is 233 Å². The molecule has 2 aromatic carbocycles. The number of rotatable bonds is 12. The number of β-amino-alcohol motifs (C(OH)–C–C–N with tert-alkyl or cyclic N) is 1. The Bertz CT molecular complexity index is 1410. The number of guanidine groups is 1. The first-order valence-electron chi connectivity index (χ1n) is 12.7. The minimum atomic E-state index is -1.44. The fraction of sp³-hybridized carbons (Fsp3) is 0.346. The number of aliphatic imine (C=N–C) groups is 1. The Morgan fingerprint density at radius 1 is 1.17 bits per heavy atom. The molecule has 15 heteroatoms. The molecule has 4 atom stereocenters. The molecule has 3 unspecified atom stereocenters. The molecular formula is C26H33N7O8. The van der Waals surface area contributed by atoms with Crippen molar-refractivity contribution in [1.82, 2.24) is 26.3 Å². The van der Waals surface area contributed by atoms with E-state index in [0.29, 0.717) is 34.8 Å². The first-order chi connectivity index (χ1) is 19.6. The number of aliphatic carboxylic acids is 1. The van der Waals surface area contributed by atoms with Gasteiger partial charge in [0.1, 0.15) is 29.9 Å². The van der Waals surface area contributed by atoms with Crippen LogP contribution in [0.25, 0.3) is 10.9 Å². The summed E-state index contributed by atoms with van der Waals surface area (Å²) in [6.45, 7) is -0.216. The summed E-state index contributed by atoms with van der Waals surface area (Å²) in [5.41, 5.74) is 1.59. The van der Waals surface area contributed by atoms with Crippen LogP contribution in [0.4, 0.5) is 5.69 Å². The van der Waals surface area contributed by atoms with E-state index < -0.39 is 36.5 Å². The molecule has 0 fully saturated rings. The van der Waals surface area contributed by atoms with Crippen LogP contribution in [0.3, 0.4) is 0 Å². The third-order valence-electron chi connectivity index (χ3n) is 6.26. The molecular weight excluding hydrogens is 538 g/mol. The average Bonchev–Trinajstić information content (AvgIpc) is 3.33. The number of ether oxygens (including phenoxy) is 1. The van der Waals surface area contributed by atoms with Crippen LogP contribution in [0.5, 0.6) is 11.5 Å². The predicted molar refractivity (Wildman–Crippen MR) is 148 cm³/mol. The summed E-state index contributed by atoms with van der Waals surface area (Å²) in [4.78, 5) is 31.3. The Kier molecular flexibility index (Phi) is 9.59. The number of methoxy groups -OCH3 is 1. The Labute approximate surface area is 234 Å². The molecule has 15 nitrogen and oxygen atoms in total. The number of benzene rings is 2. The van der Waals surface area contributed by atoms with Crippen molar-refractivity contribution in [3.05, 3.63) is 53.7 Å². The number of fused-ring (bicyclic) bond motifs is 1. The van der Waals surface area contributed by atoms with Gasteiger partial charge in [-0.3, -0.25) is 25.2 Å². The molecule has 0 aliphatic carbocycles. The standard InChI is InChI=1S/C26H33N7O8/c1-41-22-17-4-2-3-5-18(17)32-21(22)24(38)33-19(25(39)40)11-27-20(36)12-28-23(37)13-6-14(8-15(34)7-13)31-26-29-9-16(35)10-30-26/h2-8,16,19,23-24,28,32-35,37-38H,9-12H2,1H3,(H,27,36)(H,39,40)(H2,29,30,31)/t19-,23?,24?/m0/s1. The van der Waals surface area contributed by atoms with E-state index in [4.69, 9.17) is 4.74 Å². The van der Waals surface area contributed by atoms with E-state index >= 15 is 0 Å². The van der Waals surface area contributed by atoms with Crippen molar-refractivity contribution in [3.63, 3.8) is 0 Å². The quantitative estimate of drug-likeness (QED) is 0.118. The number of phenols is 1. The molecule has 0 bridgehead atoms. The molecule has 0 saturated heterocycles. The van der Waals surface area contributed by atoms with Gasteiger partial charge in [0.2, 0.25) is 5.91 Å². The summed E-state index contributed by atoms with van der Waals surface area (Å²) in [5.74, 6) is -1.32. The van der Waals surface area contributed by atoms with E-state index in [1.807, 2.05) is 0 Å². The number of carboxylic acids is 1. The SMILES string of the molecule is COc1c(C(O)N[C@@H](CNC(=O)CNC(O)c2cc(O)cc(NC3=NCC(O)CN3)c2)C(=O)O)[nH]c2ccccc12. The number of amides is 1. The third-order valence-corrected chi connectivity index (χ3v) is 6.26. The molecule has 41 heavy (non-hydrogen) atoms. The van der Waals surface area contributed by atoms with Crippen molar-refractivity contribution in [2.75, 3.05) is 38.6 Å². The van der Waals surface area contributed by atoms with Crippen LogP contribution >= 0.6 is 0 Å². The number of aromatic hydroxyl groups is 1. The second-order valence-electron chi connectivity index (χ2n) is 9.33. The number of anilines is 1. The van der Waals surface area contributed by atoms with Gasteiger partial charge in [0.25, 0.3) is 0 Å². The smallest absolute Gasteiger partial charge is 0.322 e. The van der Waals surface area contributed by atoms with E-state index in [0.717, 1.165) is 0 Å². The molecule has 0 radical (unpaired) electrons. The van der Waals surface area contributed by atoms with Gasteiger partial charge in [0, 0.05) is 41.3 Å². The molecule has 0 saturated carbocycles. The van der Waals surface area contributed by atoms with Gasteiger partial charge >= 0.3 is 5.97 Å². The number of carbonyl (C=O) groups is 2. The van der Waals surface area contributed by atoms with Gasteiger partial charge in [-0.05, 0) is 24.3 Å². The van der Waals surface area contributed by atoms with Crippen molar-refractivity contribution in [2.45, 2.75) is 24.6 Å². The van der Waals surface area contributed by atoms with Gasteiger partial charge in [-0.2, -0.15) is 0 Å². The maximum Gasteiger partial charge on any atom is 0.322 e. The highest BCUT2D eigenvalue weighted by atomic mass is 16.5. The maximum atomic E-state index is 12.4. The Hall–Kier alpha value is -4.41. The van der Waals surface area contributed by atoms with E-state index in [-0.39, 0.29) is 36.6 Å². The highest BCUT2D eigenvalue weighted by Crippen LogP contribution is 2.33. The number of aliphatic hydroxyl groups excluding tert-OH is 3. The molecule has 220 valence electrons. The molecule has 1 aromatic heterocycles. The van der Waals surface area contributed by atoms with Gasteiger partial charge in [0.15, 0.2) is 11.7 Å². The third kappa shape index (κ3) is 7.62. The summed E-state index contributed by atoms with van der Waals surface area (Å²) >= 11 is 0. The van der Waals surface area contributed by atoms with Crippen molar-refractivity contribution < 1.29 is 39.9 Å². The average molecular weight is 572 g/mol. The number of H-pyrrole nitrogens is 1. The monoisotopic (exact) mass is 571 g/mol. The lowest BCUT2D eigenvalue weighted by Gasteiger charge is -2.21. The molecule has 1 aliphatic heterocycles. The summed E-state index contributed by atoms with van der Waals surface area (Å²) < 4.78 is 5.39. The molecule has 1 aliphatic rings. The van der Waals surface area contributed by atoms with E-state index in [9.17, 15) is 35.1 Å². The number of aromatic amines is 1. The number of aromatic nitrogens is 1. The number of aliphatic hydroxyl groups is 3. The van der Waals surface area contributed by atoms with Gasteiger partial charge in [-0.15, -0.1) is 0 Å². The number of nitrogens with one attached hydrogen (secondary N) is 6. The molecule has 3 aromatic rings. The molecule has 11 N–H and O–H groups in total. The van der Waals surface area contributed by atoms with Gasteiger partial charge in [-0.1, -0.05) is 12.1 Å². The number of carboxylic acid groups (broad SMARTS) is 1. The first-order valence-corrected chi connectivity index (χ1v) is 12.7. The van der Waals surface area contributed by atoms with Crippen molar-refractivity contribution in [2.24, 2.45) is 4.99 Å². The summed E-state index contributed by atoms with van der Waals surface area (Å²) in [5, 5.41) is 64.6. The van der Waals surface area contributed by atoms with Crippen molar-refractivity contribution in [1.29, 1.82) is 0 Å². The lowest BCUT2D eigenvalue weighted by atomic mass is 10.1. The summed E-state index contributed by atoms with van der Waals surface area (Å²) in [6, 6.07) is 10.1. The summed E-state index contributed by atoms with van der Waals surface area (Å²) in [6.07, 6.45) is -3.38. The summed E-state index contributed by atoms with van der Waals surface area (Å²) in [7, 11) is 1.44. The number of para-hydroxylation sites is 1. The molecule has 2 heterocycles. The van der Waals surface area contributed by atoms with Gasteiger partial charge in [0.05, 0.1) is 26.3 Å². The lowest BCUT2D eigenvalue weighted by Crippen LogP contribution is -2.49. The lowest BCUT2D eigenvalue weighted by molar-refractivity contribution is -0.140. The van der Waals surface area contributed by atoms with E-state index in [1.54, 1.807) is 24.3 Å². The fourth-order valence-electron chi connectivity index (χ4n) is 4.24. The Morgan fingerprint density at radius 3 is 2.66 bits per heavy atom. The Balaban J connectivity index is 1.30. The second kappa shape index (κ2) is 13.3. The number of hydrogen-bond acceptors (Lipinski definition) is 12. The van der Waals surface area contributed by atoms with Gasteiger partial charge in [-0.25, -0.2) is 0 Å². The number of nitrogens with zero attached hydrogens (tertiary/aromatic N) is 1. The first kappa shape index (κ1) is 29.6. The minimum Gasteiger partial charge on any atom is -0.508 e. The fourth-order valence-corrected chi connectivity index (χ4v) is 4.24. The zero-order valence-corrected chi connectivity index (χ0v) is 22.1. The normalized spacial score (nSPS) is 17.2. The minimum absolute atomic E-state index is 0.146. The number of hydrogen-bond donors (Lipinski definition) is 11. The molecule has 4 rings (SSSR count). The van der Waals surface area contributed by atoms with E-state index in [1.165, 1.54) is 25.3 Å². The van der Waals surface area contributed by atoms with Crippen LogP contribution in [-0.4, -0.2) is 93.8 Å². The van der Waals surface area contributed by atoms with Crippen LogP contribution < -0.4 is 31.3 Å². The zero-order valence-electron chi connectivity index (χ0n) is 22.1. The molecule has 0 spiro atoms. The predicted octanol–water partition coefficient (Wildman–Crippen LogP) is -0.955. The Morgan fingerprint density at radius 2 is 1.95 bits per heavy atom. The highest BCUT2D eigenvalue weighted by Gasteiger charge is 2.26. The van der Waals surface area contributed by atoms with Crippen molar-refractivity contribution in [3.8, 4) is 11.5 Å². The zero-order chi connectivity index (χ0) is 29.5. The van der Waals surface area contributed by atoms with Crippen LogP contribution in [0.1, 0.15) is 23.7 Å². The number of carbonyl (C=O) groups excluding carboxylic acids is 1. The van der Waals surface area contributed by atoms with E-state index in [2.05, 4.69) is 36.6 Å². The van der Waals surface area contributed by atoms with Crippen LogP contribution in [0.2, 0.25) is 0 Å². The molecule has 1 amide bonds. The maximum absolute atomic E-state index is 12.4. The van der Waals surface area contributed by atoms with Crippen LogP contribution in [0.15, 0.2) is 47.5 Å². The number of phenolic OH excluding ortho intramolecular Hbond substituents is 1.